The van der Waals surface area contributed by atoms with Gasteiger partial charge < -0.3 is 10.7 Å². The second kappa shape index (κ2) is 4.34. The molecule has 2 aliphatic heterocycles. The molecule has 1 aromatic carbocycles. The predicted octanol–water partition coefficient (Wildman–Crippen LogP) is 2.12. The second-order valence-electron chi connectivity index (χ2n) is 5.54. The van der Waals surface area contributed by atoms with Gasteiger partial charge in [-0.25, -0.2) is 0 Å². The van der Waals surface area contributed by atoms with Crippen molar-refractivity contribution in [3.8, 4) is 0 Å². The highest BCUT2D eigenvalue weighted by molar-refractivity contribution is 5.85. The van der Waals surface area contributed by atoms with Crippen molar-refractivity contribution in [1.82, 2.24) is 10.0 Å². The highest BCUT2D eigenvalue weighted by Gasteiger charge is 2.36. The first kappa shape index (κ1) is 11.5. The lowest BCUT2D eigenvalue weighted by Crippen LogP contribution is -2.43. The van der Waals surface area contributed by atoms with Crippen LogP contribution in [-0.2, 0) is 11.3 Å². The van der Waals surface area contributed by atoms with Gasteiger partial charge in [0.25, 0.3) is 0 Å². The molecule has 1 fully saturated rings. The van der Waals surface area contributed by atoms with Gasteiger partial charge in [-0.2, -0.15) is 5.06 Å². The predicted molar refractivity (Wildman–Crippen MR) is 74.6 cm³/mol. The Morgan fingerprint density at radius 1 is 1.32 bits per heavy atom. The van der Waals surface area contributed by atoms with Gasteiger partial charge >= 0.3 is 0 Å². The monoisotopic (exact) mass is 257 g/mol. The number of fused-ring (bicyclic) bond motifs is 5. The molecule has 4 heteroatoms. The maximum Gasteiger partial charge on any atom is 0.0905 e. The van der Waals surface area contributed by atoms with Crippen LogP contribution in [-0.4, -0.2) is 29.2 Å². The van der Waals surface area contributed by atoms with E-state index in [2.05, 4.69) is 34.3 Å². The van der Waals surface area contributed by atoms with Crippen LogP contribution in [0.4, 0.5) is 0 Å². The van der Waals surface area contributed by atoms with Gasteiger partial charge in [0.2, 0.25) is 0 Å². The Hall–Kier alpha value is -1.36. The van der Waals surface area contributed by atoms with Crippen LogP contribution in [0.1, 0.15) is 30.1 Å². The minimum atomic E-state index is 0.148. The number of aromatic nitrogens is 1. The Labute approximate surface area is 112 Å². The van der Waals surface area contributed by atoms with Crippen molar-refractivity contribution in [2.75, 3.05) is 13.2 Å². The number of nitrogens with one attached hydrogen (secondary N) is 1. The molecule has 0 amide bonds. The molecule has 3 N–H and O–H groups in total. The van der Waals surface area contributed by atoms with Crippen molar-refractivity contribution in [3.63, 3.8) is 0 Å². The first-order valence-corrected chi connectivity index (χ1v) is 7.09. The minimum Gasteiger partial charge on any atom is -0.357 e. The van der Waals surface area contributed by atoms with Crippen molar-refractivity contribution < 1.29 is 4.84 Å². The van der Waals surface area contributed by atoms with E-state index < -0.39 is 0 Å². The maximum absolute atomic E-state index is 6.38. The zero-order valence-corrected chi connectivity index (χ0v) is 10.9. The Balaban J connectivity index is 1.88. The molecule has 2 aromatic rings. The number of H-pyrrole nitrogens is 1. The van der Waals surface area contributed by atoms with Crippen molar-refractivity contribution in [2.24, 2.45) is 5.73 Å². The van der Waals surface area contributed by atoms with Crippen molar-refractivity contribution >= 4 is 10.9 Å². The molecule has 1 aromatic heterocycles. The van der Waals surface area contributed by atoms with Gasteiger partial charge in [0, 0.05) is 29.2 Å². The maximum atomic E-state index is 6.38. The quantitative estimate of drug-likeness (QED) is 0.760. The van der Waals surface area contributed by atoms with Crippen LogP contribution in [0.5, 0.6) is 0 Å². The summed E-state index contributed by atoms with van der Waals surface area (Å²) < 4.78 is 0. The standard InChI is InChI=1S/C15H19N3O/c16-12-5-3-9-19-18-8-7-11-10-4-1-2-6-13(10)17-14(11)15(12)18/h1-2,4,6,12,15,17H,3,5,7-9,16H2/t12?,15-/m0/s1. The van der Waals surface area contributed by atoms with Gasteiger partial charge in [-0.1, -0.05) is 18.2 Å². The summed E-state index contributed by atoms with van der Waals surface area (Å²) in [7, 11) is 0. The van der Waals surface area contributed by atoms with Gasteiger partial charge in [-0.05, 0) is 30.9 Å². The third-order valence-electron chi connectivity index (χ3n) is 4.38. The Bertz CT molecular complexity index is 606. The smallest absolute Gasteiger partial charge is 0.0905 e. The van der Waals surface area contributed by atoms with Gasteiger partial charge in [0.15, 0.2) is 0 Å². The number of nitrogens with zero attached hydrogens (tertiary/aromatic N) is 1. The Morgan fingerprint density at radius 3 is 3.16 bits per heavy atom. The number of hydrogen-bond donors (Lipinski definition) is 2. The SMILES string of the molecule is NC1CCCON2CCc3c([nH]c4ccccc34)[C@H]12. The molecule has 0 spiro atoms. The lowest BCUT2D eigenvalue weighted by Gasteiger charge is -2.35. The summed E-state index contributed by atoms with van der Waals surface area (Å²) in [6.45, 7) is 1.73. The highest BCUT2D eigenvalue weighted by atomic mass is 16.7. The van der Waals surface area contributed by atoms with E-state index in [1.807, 2.05) is 0 Å². The van der Waals surface area contributed by atoms with Crippen LogP contribution in [0.15, 0.2) is 24.3 Å². The number of para-hydroxylation sites is 1. The molecule has 2 aliphatic rings. The largest absolute Gasteiger partial charge is 0.357 e. The Kier molecular flexibility index (Phi) is 2.62. The number of hydroxylamine groups is 2. The summed E-state index contributed by atoms with van der Waals surface area (Å²) in [5.41, 5.74) is 10.3. The van der Waals surface area contributed by atoms with E-state index in [9.17, 15) is 0 Å². The lowest BCUT2D eigenvalue weighted by molar-refractivity contribution is -0.187. The zero-order valence-electron chi connectivity index (χ0n) is 10.9. The van der Waals surface area contributed by atoms with Gasteiger partial charge in [0.05, 0.1) is 12.6 Å². The highest BCUT2D eigenvalue weighted by Crippen LogP contribution is 2.37. The Morgan fingerprint density at radius 2 is 2.21 bits per heavy atom. The number of aromatic amines is 1. The zero-order chi connectivity index (χ0) is 12.8. The first-order valence-electron chi connectivity index (χ1n) is 7.09. The molecule has 19 heavy (non-hydrogen) atoms. The fourth-order valence-corrected chi connectivity index (χ4v) is 3.48. The van der Waals surface area contributed by atoms with Gasteiger partial charge in [-0.3, -0.25) is 4.84 Å². The molecule has 3 heterocycles. The van der Waals surface area contributed by atoms with E-state index in [-0.39, 0.29) is 12.1 Å². The van der Waals surface area contributed by atoms with Crippen molar-refractivity contribution in [3.05, 3.63) is 35.5 Å². The van der Waals surface area contributed by atoms with E-state index in [4.69, 9.17) is 10.6 Å². The summed E-state index contributed by atoms with van der Waals surface area (Å²) >= 11 is 0. The lowest BCUT2D eigenvalue weighted by atomic mass is 9.93. The number of nitrogens with two attached hydrogens (primary N) is 1. The van der Waals surface area contributed by atoms with E-state index in [1.165, 1.54) is 22.2 Å². The number of rotatable bonds is 0. The molecule has 0 saturated carbocycles. The molecule has 4 rings (SSSR count). The summed E-state index contributed by atoms with van der Waals surface area (Å²) in [6, 6.07) is 8.84. The van der Waals surface area contributed by atoms with E-state index in [1.54, 1.807) is 0 Å². The van der Waals surface area contributed by atoms with Crippen LogP contribution in [0.2, 0.25) is 0 Å². The van der Waals surface area contributed by atoms with Crippen LogP contribution in [0.3, 0.4) is 0 Å². The third kappa shape index (κ3) is 1.71. The topological polar surface area (TPSA) is 54.3 Å². The first-order chi connectivity index (χ1) is 9.34. The summed E-state index contributed by atoms with van der Waals surface area (Å²) in [5, 5.41) is 3.43. The van der Waals surface area contributed by atoms with E-state index in [0.717, 1.165) is 32.4 Å². The molecule has 1 unspecified atom stereocenters. The van der Waals surface area contributed by atoms with Crippen LogP contribution >= 0.6 is 0 Å². The summed E-state index contributed by atoms with van der Waals surface area (Å²) in [6.07, 6.45) is 3.10. The van der Waals surface area contributed by atoms with Gasteiger partial charge in [0.1, 0.15) is 0 Å². The van der Waals surface area contributed by atoms with E-state index in [0.29, 0.717) is 0 Å². The molecule has 0 radical (unpaired) electrons. The van der Waals surface area contributed by atoms with Gasteiger partial charge in [-0.15, -0.1) is 0 Å². The number of benzene rings is 1. The second-order valence-corrected chi connectivity index (χ2v) is 5.54. The summed E-state index contributed by atoms with van der Waals surface area (Å²) in [4.78, 5) is 9.44. The molecular formula is C15H19N3O. The normalized spacial score (nSPS) is 27.8. The molecule has 4 nitrogen and oxygen atoms in total. The fraction of sp³-hybridized carbons (Fsp3) is 0.467. The average molecular weight is 257 g/mol. The average Bonchev–Trinajstić information content (AvgIpc) is 2.70. The number of hydrogen-bond acceptors (Lipinski definition) is 3. The molecule has 0 aliphatic carbocycles. The molecule has 2 atom stereocenters. The van der Waals surface area contributed by atoms with E-state index >= 15 is 0 Å². The third-order valence-corrected chi connectivity index (χ3v) is 4.38. The minimum absolute atomic E-state index is 0.148. The molecule has 1 saturated heterocycles. The van der Waals surface area contributed by atoms with Crippen LogP contribution in [0, 0.1) is 0 Å². The molecule has 0 bridgehead atoms. The van der Waals surface area contributed by atoms with Crippen LogP contribution < -0.4 is 5.73 Å². The molecule has 100 valence electrons. The molecular weight excluding hydrogens is 238 g/mol. The summed E-state index contributed by atoms with van der Waals surface area (Å²) in [5.74, 6) is 0. The van der Waals surface area contributed by atoms with Crippen molar-refractivity contribution in [2.45, 2.75) is 31.3 Å². The fourth-order valence-electron chi connectivity index (χ4n) is 3.48. The van der Waals surface area contributed by atoms with Crippen LogP contribution in [0.25, 0.3) is 10.9 Å². The van der Waals surface area contributed by atoms with Crippen molar-refractivity contribution in [1.29, 1.82) is 0 Å².